The van der Waals surface area contributed by atoms with Gasteiger partial charge in [0.2, 0.25) is 0 Å². The number of rotatable bonds is 9. The highest BCUT2D eigenvalue weighted by molar-refractivity contribution is 6.74. The SMILES string of the molecule is C=C(CCCCCC)C1=CCO[C@@H]1[C@H](C)O[Si](C)(C)C(C)(C)C. The molecule has 0 aliphatic carbocycles. The molecule has 0 radical (unpaired) electrons. The summed E-state index contributed by atoms with van der Waals surface area (Å²) in [4.78, 5) is 0. The van der Waals surface area contributed by atoms with Gasteiger partial charge in [0, 0.05) is 0 Å². The third-order valence-electron chi connectivity index (χ3n) is 5.34. The number of hydrogen-bond acceptors (Lipinski definition) is 2. The van der Waals surface area contributed by atoms with E-state index in [2.05, 4.69) is 60.4 Å². The smallest absolute Gasteiger partial charge is 0.192 e. The van der Waals surface area contributed by atoms with Gasteiger partial charge in [-0.25, -0.2) is 0 Å². The van der Waals surface area contributed by atoms with Crippen LogP contribution in [0.4, 0.5) is 0 Å². The molecule has 0 amide bonds. The van der Waals surface area contributed by atoms with E-state index in [1.165, 1.54) is 36.8 Å². The van der Waals surface area contributed by atoms with Crippen LogP contribution in [-0.2, 0) is 9.16 Å². The second-order valence-corrected chi connectivity index (χ2v) is 13.2. The predicted octanol–water partition coefficient (Wildman–Crippen LogP) is 6.25. The Hall–Kier alpha value is -0.383. The Bertz CT molecular complexity index is 418. The van der Waals surface area contributed by atoms with Crippen LogP contribution in [0.1, 0.15) is 66.7 Å². The average Bonchev–Trinajstić information content (AvgIpc) is 2.91. The quantitative estimate of drug-likeness (QED) is 0.365. The molecule has 0 saturated carbocycles. The molecule has 1 heterocycles. The van der Waals surface area contributed by atoms with E-state index < -0.39 is 8.32 Å². The first-order chi connectivity index (χ1) is 10.6. The maximum atomic E-state index is 6.54. The van der Waals surface area contributed by atoms with Crippen molar-refractivity contribution in [3.8, 4) is 0 Å². The molecule has 3 heteroatoms. The van der Waals surface area contributed by atoms with Gasteiger partial charge in [-0.3, -0.25) is 0 Å². The lowest BCUT2D eigenvalue weighted by atomic mass is 9.95. The van der Waals surface area contributed by atoms with E-state index in [1.807, 2.05) is 0 Å². The fourth-order valence-electron chi connectivity index (χ4n) is 2.79. The highest BCUT2D eigenvalue weighted by atomic mass is 28.4. The van der Waals surface area contributed by atoms with Gasteiger partial charge in [-0.05, 0) is 49.0 Å². The van der Waals surface area contributed by atoms with Crippen molar-refractivity contribution < 1.29 is 9.16 Å². The maximum Gasteiger partial charge on any atom is 0.192 e. The van der Waals surface area contributed by atoms with Crippen molar-refractivity contribution in [3.63, 3.8) is 0 Å². The number of ether oxygens (including phenoxy) is 1. The monoisotopic (exact) mass is 338 g/mol. The lowest BCUT2D eigenvalue weighted by molar-refractivity contribution is 0.0253. The summed E-state index contributed by atoms with van der Waals surface area (Å²) < 4.78 is 12.5. The molecule has 2 atom stereocenters. The molecule has 0 fully saturated rings. The van der Waals surface area contributed by atoms with Gasteiger partial charge in [-0.2, -0.15) is 0 Å². The van der Waals surface area contributed by atoms with Gasteiger partial charge in [0.25, 0.3) is 0 Å². The zero-order valence-electron chi connectivity index (χ0n) is 16.5. The van der Waals surface area contributed by atoms with Gasteiger partial charge >= 0.3 is 0 Å². The summed E-state index contributed by atoms with van der Waals surface area (Å²) in [5.41, 5.74) is 2.53. The Kier molecular flexibility index (Phi) is 7.76. The molecular formula is C20H38O2Si. The average molecular weight is 339 g/mol. The molecule has 0 saturated heterocycles. The van der Waals surface area contributed by atoms with E-state index in [0.29, 0.717) is 6.61 Å². The largest absolute Gasteiger partial charge is 0.411 e. The summed E-state index contributed by atoms with van der Waals surface area (Å²) in [7, 11) is -1.77. The van der Waals surface area contributed by atoms with Crippen molar-refractivity contribution in [1.82, 2.24) is 0 Å². The lowest BCUT2D eigenvalue weighted by Gasteiger charge is -2.40. The Morgan fingerprint density at radius 3 is 2.57 bits per heavy atom. The van der Waals surface area contributed by atoms with Crippen LogP contribution in [0.5, 0.6) is 0 Å². The summed E-state index contributed by atoms with van der Waals surface area (Å²) in [6.45, 7) is 20.9. The molecule has 1 aliphatic rings. The van der Waals surface area contributed by atoms with E-state index >= 15 is 0 Å². The topological polar surface area (TPSA) is 18.5 Å². The Labute approximate surface area is 145 Å². The van der Waals surface area contributed by atoms with Crippen molar-refractivity contribution in [3.05, 3.63) is 23.8 Å². The van der Waals surface area contributed by atoms with Gasteiger partial charge in [-0.1, -0.05) is 59.6 Å². The van der Waals surface area contributed by atoms with Crippen molar-refractivity contribution in [2.75, 3.05) is 6.61 Å². The van der Waals surface area contributed by atoms with Crippen molar-refractivity contribution >= 4 is 8.32 Å². The van der Waals surface area contributed by atoms with Crippen LogP contribution in [0.2, 0.25) is 18.1 Å². The third-order valence-corrected chi connectivity index (χ3v) is 9.91. The lowest BCUT2D eigenvalue weighted by Crippen LogP contribution is -2.46. The second kappa shape index (κ2) is 8.64. The Morgan fingerprint density at radius 1 is 1.35 bits per heavy atom. The van der Waals surface area contributed by atoms with E-state index in [0.717, 1.165) is 6.42 Å². The van der Waals surface area contributed by atoms with Crippen LogP contribution in [0.15, 0.2) is 23.8 Å². The standard InChI is InChI=1S/C20H38O2Si/c1-9-10-11-12-13-16(2)18-14-15-21-19(18)17(3)22-23(7,8)20(4,5)6/h14,17,19H,2,9-13,15H2,1,3-8H3/t17-,19+/m0/s1. The summed E-state index contributed by atoms with van der Waals surface area (Å²) >= 11 is 0. The van der Waals surface area contributed by atoms with Gasteiger partial charge in [0.1, 0.15) is 6.10 Å². The number of hydrogen-bond donors (Lipinski definition) is 0. The fraction of sp³-hybridized carbons (Fsp3) is 0.800. The van der Waals surface area contributed by atoms with Crippen LogP contribution in [0.25, 0.3) is 0 Å². The van der Waals surface area contributed by atoms with Gasteiger partial charge in [-0.15, -0.1) is 0 Å². The second-order valence-electron chi connectivity index (χ2n) is 8.41. The van der Waals surface area contributed by atoms with Crippen LogP contribution in [-0.4, -0.2) is 27.1 Å². The molecule has 1 aliphatic heterocycles. The highest BCUT2D eigenvalue weighted by Crippen LogP contribution is 2.39. The molecule has 0 spiro atoms. The van der Waals surface area contributed by atoms with Crippen molar-refractivity contribution in [1.29, 1.82) is 0 Å². The van der Waals surface area contributed by atoms with Gasteiger partial charge in [0.15, 0.2) is 8.32 Å². The molecule has 0 N–H and O–H groups in total. The molecular weight excluding hydrogens is 300 g/mol. The fourth-order valence-corrected chi connectivity index (χ4v) is 4.20. The summed E-state index contributed by atoms with van der Waals surface area (Å²) in [5, 5.41) is 0.223. The van der Waals surface area contributed by atoms with E-state index in [-0.39, 0.29) is 17.2 Å². The molecule has 0 aromatic heterocycles. The zero-order valence-corrected chi connectivity index (χ0v) is 17.5. The van der Waals surface area contributed by atoms with E-state index in [1.54, 1.807) is 0 Å². The minimum Gasteiger partial charge on any atom is -0.411 e. The number of unbranched alkanes of at least 4 members (excludes halogenated alkanes) is 3. The molecule has 1 rings (SSSR count). The normalized spacial score (nSPS) is 20.5. The van der Waals surface area contributed by atoms with Crippen LogP contribution in [0, 0.1) is 0 Å². The van der Waals surface area contributed by atoms with Crippen molar-refractivity contribution in [2.24, 2.45) is 0 Å². The maximum absolute atomic E-state index is 6.54. The van der Waals surface area contributed by atoms with Crippen LogP contribution in [0.3, 0.4) is 0 Å². The van der Waals surface area contributed by atoms with E-state index in [9.17, 15) is 0 Å². The van der Waals surface area contributed by atoms with Crippen LogP contribution < -0.4 is 0 Å². The van der Waals surface area contributed by atoms with Crippen LogP contribution >= 0.6 is 0 Å². The minimum atomic E-state index is -1.77. The molecule has 134 valence electrons. The molecule has 0 aromatic carbocycles. The first-order valence-corrected chi connectivity index (χ1v) is 12.2. The third kappa shape index (κ3) is 5.88. The summed E-state index contributed by atoms with van der Waals surface area (Å²) in [6, 6.07) is 0. The predicted molar refractivity (Wildman–Crippen MR) is 103 cm³/mol. The summed E-state index contributed by atoms with van der Waals surface area (Å²) in [6.07, 6.45) is 8.56. The zero-order chi connectivity index (χ0) is 17.7. The molecule has 0 unspecified atom stereocenters. The highest BCUT2D eigenvalue weighted by Gasteiger charge is 2.41. The van der Waals surface area contributed by atoms with Crippen molar-refractivity contribution in [2.45, 2.75) is 97.1 Å². The van der Waals surface area contributed by atoms with Gasteiger partial charge < -0.3 is 9.16 Å². The Morgan fingerprint density at radius 2 is 2.00 bits per heavy atom. The molecule has 0 aromatic rings. The first-order valence-electron chi connectivity index (χ1n) is 9.27. The molecule has 23 heavy (non-hydrogen) atoms. The van der Waals surface area contributed by atoms with Gasteiger partial charge in [0.05, 0.1) is 12.7 Å². The summed E-state index contributed by atoms with van der Waals surface area (Å²) in [5.74, 6) is 0. The molecule has 2 nitrogen and oxygen atoms in total. The Balaban J connectivity index is 2.62. The molecule has 0 bridgehead atoms. The first kappa shape index (κ1) is 20.7. The van der Waals surface area contributed by atoms with E-state index in [4.69, 9.17) is 9.16 Å². The minimum absolute atomic E-state index is 0.0581.